The van der Waals surface area contributed by atoms with Crippen molar-refractivity contribution in [3.8, 4) is 0 Å². The van der Waals surface area contributed by atoms with Crippen molar-refractivity contribution in [2.45, 2.75) is 174 Å². The molecule has 1 atom stereocenters. The maximum atomic E-state index is 10.3. The van der Waals surface area contributed by atoms with Gasteiger partial charge < -0.3 is 9.90 Å². The molecule has 0 aliphatic rings. The van der Waals surface area contributed by atoms with Crippen LogP contribution in [0.15, 0.2) is 0 Å². The molecule has 0 aromatic carbocycles. The molecule has 0 aliphatic carbocycles. The van der Waals surface area contributed by atoms with Gasteiger partial charge in [-0.2, -0.15) is 0 Å². The minimum atomic E-state index is -0.405. The predicted octanol–water partition coefficient (Wildman–Crippen LogP) is 9.32. The highest BCUT2D eigenvalue weighted by molar-refractivity contribution is 5.49. The first-order valence-electron chi connectivity index (χ1n) is 13.9. The Bertz CT molecular complexity index is 316. The summed E-state index contributed by atoms with van der Waals surface area (Å²) in [5.41, 5.74) is 0. The van der Waals surface area contributed by atoms with E-state index >= 15 is 0 Å². The Balaban J connectivity index is 3.03. The summed E-state index contributed by atoms with van der Waals surface area (Å²) in [6, 6.07) is 0. The molecule has 1 unspecified atom stereocenters. The molecule has 0 fully saturated rings. The van der Waals surface area contributed by atoms with Crippen LogP contribution in [0.2, 0.25) is 0 Å². The molecule has 0 aromatic rings. The number of aldehydes is 1. The van der Waals surface area contributed by atoms with Gasteiger partial charge in [0, 0.05) is 6.42 Å². The molecule has 2 nitrogen and oxygen atoms in total. The largest absolute Gasteiger partial charge is 0.393 e. The van der Waals surface area contributed by atoms with Crippen molar-refractivity contribution in [2.24, 2.45) is 0 Å². The van der Waals surface area contributed by atoms with Crippen LogP contribution in [-0.4, -0.2) is 17.5 Å². The molecule has 2 heteroatoms. The number of aliphatic hydroxyl groups excluding tert-OH is 1. The van der Waals surface area contributed by atoms with E-state index in [-0.39, 0.29) is 0 Å². The third-order valence-electron chi connectivity index (χ3n) is 6.51. The summed E-state index contributed by atoms with van der Waals surface area (Å²) in [6.45, 7) is 2.29. The summed E-state index contributed by atoms with van der Waals surface area (Å²) < 4.78 is 0. The van der Waals surface area contributed by atoms with E-state index < -0.39 is 6.10 Å². The molecule has 0 spiro atoms. The second-order valence-corrected chi connectivity index (χ2v) is 9.62. The molecule has 0 aromatic heterocycles. The number of hydrogen-bond acceptors (Lipinski definition) is 2. The van der Waals surface area contributed by atoms with E-state index in [9.17, 15) is 9.90 Å². The van der Waals surface area contributed by atoms with Gasteiger partial charge in [-0.3, -0.25) is 0 Å². The fourth-order valence-electron chi connectivity index (χ4n) is 4.39. The van der Waals surface area contributed by atoms with E-state index in [1.54, 1.807) is 0 Å². The zero-order valence-corrected chi connectivity index (χ0v) is 20.7. The Morgan fingerprint density at radius 2 is 0.767 bits per heavy atom. The minimum Gasteiger partial charge on any atom is -0.393 e. The van der Waals surface area contributed by atoms with Gasteiger partial charge in [0.2, 0.25) is 0 Å². The van der Waals surface area contributed by atoms with Crippen molar-refractivity contribution in [1.82, 2.24) is 0 Å². The number of hydrogen-bond donors (Lipinski definition) is 1. The molecular formula is C28H56O2. The molecule has 0 heterocycles. The van der Waals surface area contributed by atoms with Gasteiger partial charge in [0.05, 0.1) is 6.10 Å². The lowest BCUT2D eigenvalue weighted by Gasteiger charge is -2.06. The van der Waals surface area contributed by atoms with E-state index in [0.29, 0.717) is 6.42 Å². The number of carbonyl (C=O) groups excluding carboxylic acids is 1. The van der Waals surface area contributed by atoms with Gasteiger partial charge in [0.15, 0.2) is 0 Å². The third kappa shape index (κ3) is 25.7. The Hall–Kier alpha value is -0.370. The maximum Gasteiger partial charge on any atom is 0.122 e. The van der Waals surface area contributed by atoms with Crippen molar-refractivity contribution in [1.29, 1.82) is 0 Å². The van der Waals surface area contributed by atoms with Crippen molar-refractivity contribution in [3.05, 3.63) is 0 Å². The lowest BCUT2D eigenvalue weighted by molar-refractivity contribution is -0.109. The van der Waals surface area contributed by atoms with E-state index in [4.69, 9.17) is 0 Å². The van der Waals surface area contributed by atoms with E-state index in [1.807, 2.05) is 0 Å². The molecular weight excluding hydrogens is 368 g/mol. The van der Waals surface area contributed by atoms with Crippen LogP contribution in [0.1, 0.15) is 167 Å². The van der Waals surface area contributed by atoms with E-state index in [2.05, 4.69) is 6.92 Å². The van der Waals surface area contributed by atoms with Crippen LogP contribution in [-0.2, 0) is 4.79 Å². The lowest BCUT2D eigenvalue weighted by atomic mass is 10.0. The average Bonchev–Trinajstić information content (AvgIpc) is 2.74. The first-order chi connectivity index (χ1) is 14.8. The van der Waals surface area contributed by atoms with Crippen molar-refractivity contribution in [3.63, 3.8) is 0 Å². The van der Waals surface area contributed by atoms with Gasteiger partial charge >= 0.3 is 0 Å². The molecule has 0 bridgehead atoms. The Morgan fingerprint density at radius 1 is 0.500 bits per heavy atom. The van der Waals surface area contributed by atoms with Crippen LogP contribution >= 0.6 is 0 Å². The summed E-state index contributed by atoms with van der Waals surface area (Å²) in [5, 5.41) is 9.49. The third-order valence-corrected chi connectivity index (χ3v) is 6.51. The van der Waals surface area contributed by atoms with Gasteiger partial charge in [-0.1, -0.05) is 155 Å². The Labute approximate surface area is 190 Å². The normalized spacial score (nSPS) is 12.3. The highest BCUT2D eigenvalue weighted by atomic mass is 16.3. The lowest BCUT2D eigenvalue weighted by Crippen LogP contribution is -2.06. The number of unbranched alkanes of at least 4 members (excludes halogenated alkanes) is 22. The van der Waals surface area contributed by atoms with Crippen LogP contribution in [0.25, 0.3) is 0 Å². The first-order valence-corrected chi connectivity index (χ1v) is 13.9. The van der Waals surface area contributed by atoms with Gasteiger partial charge in [-0.05, 0) is 6.42 Å². The van der Waals surface area contributed by atoms with Gasteiger partial charge in [-0.15, -0.1) is 0 Å². The highest BCUT2D eigenvalue weighted by Gasteiger charge is 2.02. The van der Waals surface area contributed by atoms with Crippen LogP contribution < -0.4 is 0 Å². The summed E-state index contributed by atoms with van der Waals surface area (Å²) in [6.07, 6.45) is 33.8. The Kier molecular flexibility index (Phi) is 26.3. The quantitative estimate of drug-likeness (QED) is 0.111. The molecule has 0 saturated carbocycles. The fourth-order valence-corrected chi connectivity index (χ4v) is 4.39. The minimum absolute atomic E-state index is 0.305. The predicted molar refractivity (Wildman–Crippen MR) is 133 cm³/mol. The topological polar surface area (TPSA) is 37.3 Å². The van der Waals surface area contributed by atoms with Crippen LogP contribution in [0.3, 0.4) is 0 Å². The summed E-state index contributed by atoms with van der Waals surface area (Å²) in [4.78, 5) is 10.3. The van der Waals surface area contributed by atoms with Crippen LogP contribution in [0.4, 0.5) is 0 Å². The first kappa shape index (κ1) is 29.6. The zero-order valence-electron chi connectivity index (χ0n) is 20.7. The van der Waals surface area contributed by atoms with Crippen molar-refractivity contribution < 1.29 is 9.90 Å². The van der Waals surface area contributed by atoms with Gasteiger partial charge in [-0.25, -0.2) is 0 Å². The number of aliphatic hydroxyl groups is 1. The highest BCUT2D eigenvalue weighted by Crippen LogP contribution is 2.15. The van der Waals surface area contributed by atoms with E-state index in [1.165, 1.54) is 141 Å². The summed E-state index contributed by atoms with van der Waals surface area (Å²) >= 11 is 0. The number of carbonyl (C=O) groups is 1. The van der Waals surface area contributed by atoms with Crippen LogP contribution in [0.5, 0.6) is 0 Å². The molecule has 0 saturated heterocycles. The van der Waals surface area contributed by atoms with E-state index in [0.717, 1.165) is 19.1 Å². The molecule has 1 N–H and O–H groups in total. The Morgan fingerprint density at radius 3 is 1.03 bits per heavy atom. The summed E-state index contributed by atoms with van der Waals surface area (Å²) in [7, 11) is 0. The second-order valence-electron chi connectivity index (χ2n) is 9.62. The molecule has 0 amide bonds. The summed E-state index contributed by atoms with van der Waals surface area (Å²) in [5.74, 6) is 0. The fraction of sp³-hybridized carbons (Fsp3) is 0.964. The zero-order chi connectivity index (χ0) is 22.0. The van der Waals surface area contributed by atoms with Gasteiger partial charge in [0.1, 0.15) is 6.29 Å². The standard InChI is InChI=1S/C28H56O2/c1-2-3-4-5-6-7-8-9-10-11-12-13-14-15-16-17-18-19-20-21-22-23-24-25-28(30)26-27-29/h27-28,30H,2-26H2,1H3. The monoisotopic (exact) mass is 424 g/mol. The maximum absolute atomic E-state index is 10.3. The molecule has 180 valence electrons. The molecule has 0 radical (unpaired) electrons. The van der Waals surface area contributed by atoms with Crippen molar-refractivity contribution >= 4 is 6.29 Å². The van der Waals surface area contributed by atoms with Crippen molar-refractivity contribution in [2.75, 3.05) is 0 Å². The molecule has 30 heavy (non-hydrogen) atoms. The molecule has 0 rings (SSSR count). The molecule has 0 aliphatic heterocycles. The SMILES string of the molecule is CCCCCCCCCCCCCCCCCCCCCCCCCC(O)CC=O. The number of rotatable bonds is 26. The second kappa shape index (κ2) is 26.7. The van der Waals surface area contributed by atoms with Crippen LogP contribution in [0, 0.1) is 0 Å². The van der Waals surface area contributed by atoms with Gasteiger partial charge in [0.25, 0.3) is 0 Å². The average molecular weight is 425 g/mol. The smallest absolute Gasteiger partial charge is 0.122 e.